The van der Waals surface area contributed by atoms with Crippen molar-refractivity contribution < 1.29 is 9.53 Å². The van der Waals surface area contributed by atoms with Crippen molar-refractivity contribution in [2.75, 3.05) is 31.6 Å². The highest BCUT2D eigenvalue weighted by atomic mass is 16.5. The molecule has 0 aliphatic carbocycles. The Morgan fingerprint density at radius 3 is 2.58 bits per heavy atom. The van der Waals surface area contributed by atoms with Crippen LogP contribution in [0.4, 0.5) is 11.6 Å². The lowest BCUT2D eigenvalue weighted by Crippen LogP contribution is -2.40. The van der Waals surface area contributed by atoms with E-state index in [2.05, 4.69) is 45.5 Å². The quantitative estimate of drug-likeness (QED) is 0.502. The van der Waals surface area contributed by atoms with E-state index in [1.165, 1.54) is 0 Å². The number of hydrogen-bond acceptors (Lipinski definition) is 7. The summed E-state index contributed by atoms with van der Waals surface area (Å²) >= 11 is 0. The summed E-state index contributed by atoms with van der Waals surface area (Å²) in [5.74, 6) is 1.27. The molecule has 9 heteroatoms. The number of hydrogen-bond donors (Lipinski definition) is 1. The molecule has 0 saturated carbocycles. The van der Waals surface area contributed by atoms with Gasteiger partial charge in [-0.25, -0.2) is 14.6 Å². The van der Waals surface area contributed by atoms with Gasteiger partial charge in [0, 0.05) is 31.5 Å². The van der Waals surface area contributed by atoms with Gasteiger partial charge in [-0.05, 0) is 61.4 Å². The second-order valence-corrected chi connectivity index (χ2v) is 8.22. The second-order valence-electron chi connectivity index (χ2n) is 8.22. The molecular formula is C24H25N7O2. The molecule has 1 fully saturated rings. The van der Waals surface area contributed by atoms with E-state index in [9.17, 15) is 4.79 Å². The molecule has 1 amide bonds. The molecule has 1 aliphatic heterocycles. The highest BCUT2D eigenvalue weighted by Crippen LogP contribution is 2.26. The van der Waals surface area contributed by atoms with E-state index < -0.39 is 0 Å². The highest BCUT2D eigenvalue weighted by Gasteiger charge is 2.18. The molecule has 0 atom stereocenters. The lowest BCUT2D eigenvalue weighted by atomic mass is 10.1. The van der Waals surface area contributed by atoms with Crippen molar-refractivity contribution in [1.29, 1.82) is 0 Å². The number of ether oxygens (including phenoxy) is 1. The third kappa shape index (κ3) is 4.40. The number of fused-ring (bicyclic) bond motifs is 1. The Kier molecular flexibility index (Phi) is 5.70. The van der Waals surface area contributed by atoms with Crippen LogP contribution in [0.25, 0.3) is 22.2 Å². The normalized spacial score (nSPS) is 14.1. The minimum Gasteiger partial charge on any atom is -0.378 e. The number of rotatable bonds is 5. The van der Waals surface area contributed by atoms with E-state index in [4.69, 9.17) is 4.74 Å². The number of nitrogens with one attached hydrogen (secondary N) is 1. The van der Waals surface area contributed by atoms with Gasteiger partial charge in [-0.15, -0.1) is 5.10 Å². The molecule has 0 radical (unpaired) electrons. The third-order valence-electron chi connectivity index (χ3n) is 5.62. The van der Waals surface area contributed by atoms with E-state index in [0.29, 0.717) is 43.5 Å². The molecule has 0 bridgehead atoms. The first kappa shape index (κ1) is 21.0. The smallest absolute Gasteiger partial charge is 0.255 e. The predicted molar refractivity (Wildman–Crippen MR) is 125 cm³/mol. The molecular weight excluding hydrogens is 418 g/mol. The number of anilines is 2. The van der Waals surface area contributed by atoms with Gasteiger partial charge in [0.25, 0.3) is 5.91 Å². The average Bonchev–Trinajstić information content (AvgIpc) is 3.28. The Labute approximate surface area is 191 Å². The second kappa shape index (κ2) is 8.95. The van der Waals surface area contributed by atoms with Gasteiger partial charge in [0.05, 0.1) is 24.3 Å². The summed E-state index contributed by atoms with van der Waals surface area (Å²) in [5.41, 5.74) is 4.50. The van der Waals surface area contributed by atoms with Gasteiger partial charge in [-0.1, -0.05) is 11.3 Å². The maximum Gasteiger partial charge on any atom is 0.255 e. The number of carbonyl (C=O) groups excluding carboxylic acids is 1. The Morgan fingerprint density at radius 1 is 1.00 bits per heavy atom. The molecule has 1 N–H and O–H groups in total. The van der Waals surface area contributed by atoms with Gasteiger partial charge in [-0.2, -0.15) is 0 Å². The molecule has 0 spiro atoms. The standard InChI is InChI=1S/C24H25N7O2/c1-16(2)31-21-13-17(3-5-20(21)28-29-31)18-7-8-25-23(14-18)27-22-6-4-19(15-26-22)24(32)30-9-11-33-12-10-30/h3-8,13-16H,9-12H2,1-2H3,(H,25,26,27). The molecule has 5 rings (SSSR count). The van der Waals surface area contributed by atoms with Crippen LogP contribution in [-0.4, -0.2) is 62.1 Å². The van der Waals surface area contributed by atoms with E-state index in [-0.39, 0.29) is 11.9 Å². The highest BCUT2D eigenvalue weighted by molar-refractivity contribution is 5.94. The lowest BCUT2D eigenvalue weighted by molar-refractivity contribution is 0.0302. The SMILES string of the molecule is CC(C)n1nnc2ccc(-c3ccnc(Nc4ccc(C(=O)N5CCOCC5)cn4)c3)cc21. The van der Waals surface area contributed by atoms with E-state index in [0.717, 1.165) is 22.2 Å². The largest absolute Gasteiger partial charge is 0.378 e. The molecule has 4 heterocycles. The van der Waals surface area contributed by atoms with Crippen LogP contribution in [0.5, 0.6) is 0 Å². The number of morpholine rings is 1. The summed E-state index contributed by atoms with van der Waals surface area (Å²) in [6, 6.07) is 13.8. The van der Waals surface area contributed by atoms with Crippen molar-refractivity contribution >= 4 is 28.6 Å². The van der Waals surface area contributed by atoms with Crippen LogP contribution in [0.2, 0.25) is 0 Å². The molecule has 0 unspecified atom stereocenters. The fraction of sp³-hybridized carbons (Fsp3) is 0.292. The Hall–Kier alpha value is -3.85. The van der Waals surface area contributed by atoms with Gasteiger partial charge >= 0.3 is 0 Å². The van der Waals surface area contributed by atoms with Crippen molar-refractivity contribution in [3.8, 4) is 11.1 Å². The summed E-state index contributed by atoms with van der Waals surface area (Å²) < 4.78 is 7.23. The number of benzene rings is 1. The average molecular weight is 444 g/mol. The molecule has 1 aromatic carbocycles. The maximum absolute atomic E-state index is 12.6. The first-order valence-corrected chi connectivity index (χ1v) is 11.0. The lowest BCUT2D eigenvalue weighted by Gasteiger charge is -2.26. The zero-order valence-corrected chi connectivity index (χ0v) is 18.6. The van der Waals surface area contributed by atoms with Crippen molar-refractivity contribution in [1.82, 2.24) is 29.9 Å². The maximum atomic E-state index is 12.6. The molecule has 4 aromatic rings. The summed E-state index contributed by atoms with van der Waals surface area (Å²) in [4.78, 5) is 23.2. The number of amides is 1. The van der Waals surface area contributed by atoms with Gasteiger partial charge in [0.1, 0.15) is 17.2 Å². The molecule has 33 heavy (non-hydrogen) atoms. The summed E-state index contributed by atoms with van der Waals surface area (Å²) in [5, 5.41) is 11.7. The fourth-order valence-corrected chi connectivity index (χ4v) is 3.85. The van der Waals surface area contributed by atoms with Crippen LogP contribution in [0.15, 0.2) is 54.9 Å². The Morgan fingerprint density at radius 2 is 1.82 bits per heavy atom. The van der Waals surface area contributed by atoms with Gasteiger partial charge in [-0.3, -0.25) is 4.79 Å². The van der Waals surface area contributed by atoms with Crippen molar-refractivity contribution in [2.24, 2.45) is 0 Å². The van der Waals surface area contributed by atoms with Crippen LogP contribution in [0.3, 0.4) is 0 Å². The monoisotopic (exact) mass is 443 g/mol. The Bertz CT molecular complexity index is 1280. The number of aromatic nitrogens is 5. The zero-order valence-electron chi connectivity index (χ0n) is 18.6. The minimum absolute atomic E-state index is 0.0250. The van der Waals surface area contributed by atoms with Gasteiger partial charge in [0.2, 0.25) is 0 Å². The van der Waals surface area contributed by atoms with Crippen molar-refractivity contribution in [2.45, 2.75) is 19.9 Å². The van der Waals surface area contributed by atoms with E-state index in [1.54, 1.807) is 29.4 Å². The number of nitrogens with zero attached hydrogens (tertiary/aromatic N) is 6. The zero-order chi connectivity index (χ0) is 22.8. The molecule has 1 aliphatic rings. The van der Waals surface area contributed by atoms with Crippen LogP contribution >= 0.6 is 0 Å². The van der Waals surface area contributed by atoms with Crippen molar-refractivity contribution in [3.05, 3.63) is 60.4 Å². The predicted octanol–water partition coefficient (Wildman–Crippen LogP) is 3.69. The topological polar surface area (TPSA) is 98.1 Å². The van der Waals surface area contributed by atoms with Crippen LogP contribution in [0, 0.1) is 0 Å². The number of carbonyl (C=O) groups is 1. The first-order valence-electron chi connectivity index (χ1n) is 11.0. The number of pyridine rings is 2. The van der Waals surface area contributed by atoms with Gasteiger partial charge in [0.15, 0.2) is 0 Å². The molecule has 1 saturated heterocycles. The van der Waals surface area contributed by atoms with E-state index in [1.807, 2.05) is 28.9 Å². The molecule has 3 aromatic heterocycles. The van der Waals surface area contributed by atoms with E-state index >= 15 is 0 Å². The summed E-state index contributed by atoms with van der Waals surface area (Å²) in [6.45, 7) is 6.53. The third-order valence-corrected chi connectivity index (χ3v) is 5.62. The minimum atomic E-state index is -0.0250. The molecule has 168 valence electrons. The van der Waals surface area contributed by atoms with Crippen LogP contribution < -0.4 is 5.32 Å². The summed E-state index contributed by atoms with van der Waals surface area (Å²) in [7, 11) is 0. The van der Waals surface area contributed by atoms with Crippen molar-refractivity contribution in [3.63, 3.8) is 0 Å². The first-order chi connectivity index (χ1) is 16.1. The van der Waals surface area contributed by atoms with Gasteiger partial charge < -0.3 is 15.0 Å². The fourth-order valence-electron chi connectivity index (χ4n) is 3.85. The van der Waals surface area contributed by atoms with Crippen LogP contribution in [0.1, 0.15) is 30.2 Å². The Balaban J connectivity index is 1.34. The van der Waals surface area contributed by atoms with Crippen LogP contribution in [-0.2, 0) is 4.74 Å². The molecule has 9 nitrogen and oxygen atoms in total. The summed E-state index contributed by atoms with van der Waals surface area (Å²) in [6.07, 6.45) is 3.36.